The first-order valence-electron chi connectivity index (χ1n) is 43.4. The zero-order chi connectivity index (χ0) is 75.8. The number of aliphatic hydroxyl groups excluding tert-OH is 1. The molecule has 0 amide bonds. The molecule has 0 aliphatic rings. The van der Waals surface area contributed by atoms with E-state index in [1.54, 1.807) is 0 Å². The quantitative estimate of drug-likeness (QED) is 0.0222. The molecule has 0 radical (unpaired) electrons. The van der Waals surface area contributed by atoms with Gasteiger partial charge in [0.1, 0.15) is 19.3 Å². The standard InChI is InChI=1S/C84H164O17P2/c1-8-10-11-12-13-34-44-51-58-65-81(86)94-71-79(100-84(89)68-61-54-47-40-33-27-21-23-29-36-42-49-56-63-76(5)6)73-98-102(90,91)96-69-78(85)70-97-103(92,93)99-74-80(72-95-82(87)66-59-52-45-38-31-26-20-22-28-35-41-48-55-62-75(3)4)101-83(88)67-60-53-46-39-32-25-19-17-15-14-16-18-24-30-37-43-50-57-64-77(7)9-2/h75-80,85H,8-74H2,1-7H3,(H,90,91)(H,92,93)/t77?,78-,79+,80+/m0/s1. The molecule has 0 aliphatic carbocycles. The summed E-state index contributed by atoms with van der Waals surface area (Å²) in [6.07, 6.45) is 63.8. The van der Waals surface area contributed by atoms with E-state index in [-0.39, 0.29) is 25.7 Å². The third-order valence-electron chi connectivity index (χ3n) is 20.0. The highest BCUT2D eigenvalue weighted by molar-refractivity contribution is 7.47. The van der Waals surface area contributed by atoms with Crippen LogP contribution < -0.4 is 0 Å². The fourth-order valence-corrected chi connectivity index (χ4v) is 14.6. The van der Waals surface area contributed by atoms with Crippen molar-refractivity contribution in [1.82, 2.24) is 0 Å². The largest absolute Gasteiger partial charge is 0.472 e. The molecule has 0 aromatic heterocycles. The molecule has 0 saturated carbocycles. The van der Waals surface area contributed by atoms with Crippen LogP contribution in [0.5, 0.6) is 0 Å². The summed E-state index contributed by atoms with van der Waals surface area (Å²) >= 11 is 0. The maximum Gasteiger partial charge on any atom is 0.472 e. The lowest BCUT2D eigenvalue weighted by molar-refractivity contribution is -0.161. The summed E-state index contributed by atoms with van der Waals surface area (Å²) in [4.78, 5) is 73.1. The number of phosphoric acid groups is 2. The first-order chi connectivity index (χ1) is 49.8. The van der Waals surface area contributed by atoms with Crippen LogP contribution in [-0.4, -0.2) is 96.7 Å². The highest BCUT2D eigenvalue weighted by Gasteiger charge is 2.30. The van der Waals surface area contributed by atoms with Gasteiger partial charge in [-0.15, -0.1) is 0 Å². The molecule has 19 heteroatoms. The maximum absolute atomic E-state index is 13.1. The Morgan fingerprint density at radius 2 is 0.495 bits per heavy atom. The van der Waals surface area contributed by atoms with Crippen molar-refractivity contribution in [1.29, 1.82) is 0 Å². The number of rotatable bonds is 82. The van der Waals surface area contributed by atoms with Crippen molar-refractivity contribution in [2.75, 3.05) is 39.6 Å². The molecule has 17 nitrogen and oxygen atoms in total. The van der Waals surface area contributed by atoms with Crippen LogP contribution in [0.25, 0.3) is 0 Å². The predicted octanol–water partition coefficient (Wildman–Crippen LogP) is 25.3. The second kappa shape index (κ2) is 74.2. The number of aliphatic hydroxyl groups is 1. The van der Waals surface area contributed by atoms with Crippen LogP contribution >= 0.6 is 15.6 Å². The Bertz CT molecular complexity index is 1990. The molecule has 103 heavy (non-hydrogen) atoms. The van der Waals surface area contributed by atoms with Gasteiger partial charge in [-0.2, -0.15) is 0 Å². The maximum atomic E-state index is 13.1. The van der Waals surface area contributed by atoms with Gasteiger partial charge in [0.2, 0.25) is 0 Å². The second-order valence-electron chi connectivity index (χ2n) is 31.4. The Kier molecular flexibility index (Phi) is 72.8. The average molecular weight is 1510 g/mol. The number of carbonyl (C=O) groups excluding carboxylic acids is 4. The lowest BCUT2D eigenvalue weighted by Crippen LogP contribution is -2.30. The van der Waals surface area contributed by atoms with Gasteiger partial charge < -0.3 is 33.8 Å². The molecular formula is C84H164O17P2. The third kappa shape index (κ3) is 76.6. The predicted molar refractivity (Wildman–Crippen MR) is 423 cm³/mol. The molecule has 0 spiro atoms. The van der Waals surface area contributed by atoms with Crippen molar-refractivity contribution in [2.24, 2.45) is 17.8 Å². The second-order valence-corrected chi connectivity index (χ2v) is 34.3. The summed E-state index contributed by atoms with van der Waals surface area (Å²) in [6.45, 7) is 12.0. The zero-order valence-corrected chi connectivity index (χ0v) is 69.6. The van der Waals surface area contributed by atoms with Crippen molar-refractivity contribution >= 4 is 39.5 Å². The Hall–Kier alpha value is -1.94. The molecule has 0 rings (SSSR count). The summed E-state index contributed by atoms with van der Waals surface area (Å²) in [5, 5.41) is 10.7. The number of hydrogen-bond donors (Lipinski definition) is 3. The van der Waals surface area contributed by atoms with Crippen LogP contribution in [-0.2, 0) is 65.4 Å². The van der Waals surface area contributed by atoms with E-state index in [1.807, 2.05) is 0 Å². The number of carbonyl (C=O) groups is 4. The summed E-state index contributed by atoms with van der Waals surface area (Å²) in [7, 11) is -9.92. The fraction of sp³-hybridized carbons (Fsp3) is 0.952. The van der Waals surface area contributed by atoms with Gasteiger partial charge in [-0.1, -0.05) is 389 Å². The van der Waals surface area contributed by atoms with E-state index in [1.165, 1.54) is 250 Å². The van der Waals surface area contributed by atoms with Crippen molar-refractivity contribution in [2.45, 2.75) is 458 Å². The van der Waals surface area contributed by atoms with E-state index >= 15 is 0 Å². The van der Waals surface area contributed by atoms with Crippen LogP contribution in [0.2, 0.25) is 0 Å². The SMILES string of the molecule is CCCCCCCCCCCC(=O)OC[C@H](COP(=O)(O)OC[C@H](O)COP(=O)(O)OC[C@@H](COC(=O)CCCCCCCCCCCCCCCC(C)C)OC(=O)CCCCCCCCCCCCCCCCCCCCC(C)CC)OC(=O)CCCCCCCCCCCCCCCC(C)C. The van der Waals surface area contributed by atoms with E-state index in [0.29, 0.717) is 25.7 Å². The summed E-state index contributed by atoms with van der Waals surface area (Å²) in [6, 6.07) is 0. The average Bonchev–Trinajstić information content (AvgIpc) is 0.910. The molecule has 0 aromatic rings. The number of hydrogen-bond acceptors (Lipinski definition) is 15. The van der Waals surface area contributed by atoms with Crippen molar-refractivity contribution in [3.05, 3.63) is 0 Å². The van der Waals surface area contributed by atoms with Crippen molar-refractivity contribution in [3.8, 4) is 0 Å². The van der Waals surface area contributed by atoms with Crippen LogP contribution in [0.4, 0.5) is 0 Å². The van der Waals surface area contributed by atoms with Gasteiger partial charge in [0.05, 0.1) is 26.4 Å². The highest BCUT2D eigenvalue weighted by Crippen LogP contribution is 2.45. The lowest BCUT2D eigenvalue weighted by atomic mass is 9.99. The lowest BCUT2D eigenvalue weighted by Gasteiger charge is -2.21. The van der Waals surface area contributed by atoms with Crippen LogP contribution in [0.1, 0.15) is 440 Å². The van der Waals surface area contributed by atoms with Gasteiger partial charge in [0.15, 0.2) is 12.2 Å². The van der Waals surface area contributed by atoms with E-state index < -0.39 is 97.5 Å². The first-order valence-corrected chi connectivity index (χ1v) is 46.4. The van der Waals surface area contributed by atoms with E-state index in [0.717, 1.165) is 108 Å². The van der Waals surface area contributed by atoms with Gasteiger partial charge in [-0.3, -0.25) is 37.3 Å². The minimum atomic E-state index is -4.96. The summed E-state index contributed by atoms with van der Waals surface area (Å²) in [5.74, 6) is 0.341. The Balaban J connectivity index is 5.21. The van der Waals surface area contributed by atoms with Crippen LogP contribution in [0.15, 0.2) is 0 Å². The van der Waals surface area contributed by atoms with Gasteiger partial charge in [0, 0.05) is 25.7 Å². The normalized spacial score (nSPS) is 14.2. The smallest absolute Gasteiger partial charge is 0.462 e. The molecule has 0 aromatic carbocycles. The number of unbranched alkanes of at least 4 members (excludes halogenated alkanes) is 49. The minimum absolute atomic E-state index is 0.107. The molecule has 0 saturated heterocycles. The number of phosphoric ester groups is 2. The summed E-state index contributed by atoms with van der Waals surface area (Å²) in [5.41, 5.74) is 0. The van der Waals surface area contributed by atoms with Crippen LogP contribution in [0.3, 0.4) is 0 Å². The highest BCUT2D eigenvalue weighted by atomic mass is 31.2. The Morgan fingerprint density at radius 3 is 0.738 bits per heavy atom. The van der Waals surface area contributed by atoms with Gasteiger partial charge in [-0.25, -0.2) is 9.13 Å². The molecule has 612 valence electrons. The van der Waals surface area contributed by atoms with E-state index in [4.69, 9.17) is 37.0 Å². The van der Waals surface area contributed by atoms with Crippen molar-refractivity contribution in [3.63, 3.8) is 0 Å². The molecule has 3 N–H and O–H groups in total. The fourth-order valence-electron chi connectivity index (χ4n) is 13.0. The third-order valence-corrected chi connectivity index (χ3v) is 21.9. The minimum Gasteiger partial charge on any atom is -0.462 e. The van der Waals surface area contributed by atoms with Gasteiger partial charge in [0.25, 0.3) is 0 Å². The topological polar surface area (TPSA) is 237 Å². The van der Waals surface area contributed by atoms with Gasteiger partial charge in [-0.05, 0) is 43.4 Å². The number of esters is 4. The molecule has 3 unspecified atom stereocenters. The first kappa shape index (κ1) is 101. The molecule has 0 fully saturated rings. The van der Waals surface area contributed by atoms with E-state index in [2.05, 4.69) is 48.5 Å². The molecule has 6 atom stereocenters. The van der Waals surface area contributed by atoms with E-state index in [9.17, 15) is 43.2 Å². The molecule has 0 bridgehead atoms. The Labute approximate surface area is 632 Å². The van der Waals surface area contributed by atoms with Crippen molar-refractivity contribution < 1.29 is 80.2 Å². The van der Waals surface area contributed by atoms with Gasteiger partial charge >= 0.3 is 39.5 Å². The molecule has 0 aliphatic heterocycles. The molecular weight excluding hydrogens is 1340 g/mol. The monoisotopic (exact) mass is 1510 g/mol. The van der Waals surface area contributed by atoms with Crippen LogP contribution in [0, 0.1) is 17.8 Å². The molecule has 0 heterocycles. The number of ether oxygens (including phenoxy) is 4. The summed E-state index contributed by atoms with van der Waals surface area (Å²) < 4.78 is 68.8. The Morgan fingerprint density at radius 1 is 0.282 bits per heavy atom. The zero-order valence-electron chi connectivity index (χ0n) is 67.8.